The second-order valence-corrected chi connectivity index (χ2v) is 2.59. The second kappa shape index (κ2) is 3.66. The lowest BCUT2D eigenvalue weighted by Crippen LogP contribution is -2.05. The second-order valence-electron chi connectivity index (χ2n) is 2.59. The topological polar surface area (TPSA) is 26.3 Å². The standard InChI is InChI=1S/C7H11FO2/c8-2-1-6-3-7(4-9)10-5-6/h4,6-7H,1-3,5H2. The highest BCUT2D eigenvalue weighted by Crippen LogP contribution is 2.20. The van der Waals surface area contributed by atoms with Crippen LogP contribution >= 0.6 is 0 Å². The van der Waals surface area contributed by atoms with Gasteiger partial charge in [-0.3, -0.25) is 4.39 Å². The van der Waals surface area contributed by atoms with E-state index in [1.807, 2.05) is 0 Å². The number of hydrogen-bond acceptors (Lipinski definition) is 2. The molecule has 1 aliphatic heterocycles. The molecule has 0 saturated carbocycles. The maximum absolute atomic E-state index is 11.7. The van der Waals surface area contributed by atoms with Crippen molar-refractivity contribution in [3.8, 4) is 0 Å². The zero-order valence-electron chi connectivity index (χ0n) is 5.75. The average molecular weight is 146 g/mol. The molecule has 2 unspecified atom stereocenters. The monoisotopic (exact) mass is 146 g/mol. The number of hydrogen-bond donors (Lipinski definition) is 0. The predicted octanol–water partition coefficient (Wildman–Crippen LogP) is 0.950. The van der Waals surface area contributed by atoms with E-state index in [2.05, 4.69) is 0 Å². The fourth-order valence-electron chi connectivity index (χ4n) is 1.17. The van der Waals surface area contributed by atoms with Crippen molar-refractivity contribution >= 4 is 6.29 Å². The van der Waals surface area contributed by atoms with Gasteiger partial charge in [-0.25, -0.2) is 0 Å². The van der Waals surface area contributed by atoms with Crippen molar-refractivity contribution in [2.45, 2.75) is 18.9 Å². The molecule has 0 amide bonds. The first-order chi connectivity index (χ1) is 4.86. The molecule has 1 aliphatic rings. The summed E-state index contributed by atoms with van der Waals surface area (Å²) in [5.74, 6) is 0.264. The molecule has 0 spiro atoms. The molecule has 3 heteroatoms. The van der Waals surface area contributed by atoms with Crippen LogP contribution < -0.4 is 0 Å². The summed E-state index contributed by atoms with van der Waals surface area (Å²) in [6.07, 6.45) is 1.76. The maximum Gasteiger partial charge on any atom is 0.148 e. The molecule has 0 aromatic carbocycles. The summed E-state index contributed by atoms with van der Waals surface area (Å²) in [6.45, 7) is 0.243. The highest BCUT2D eigenvalue weighted by molar-refractivity contribution is 5.56. The Morgan fingerprint density at radius 2 is 2.50 bits per heavy atom. The van der Waals surface area contributed by atoms with Gasteiger partial charge in [0.15, 0.2) is 0 Å². The number of carbonyl (C=O) groups excluding carboxylic acids is 1. The molecule has 0 bridgehead atoms. The molecular weight excluding hydrogens is 135 g/mol. The molecule has 0 aromatic heterocycles. The van der Waals surface area contributed by atoms with Crippen molar-refractivity contribution in [1.29, 1.82) is 0 Å². The van der Waals surface area contributed by atoms with Crippen molar-refractivity contribution in [3.05, 3.63) is 0 Å². The third kappa shape index (κ3) is 1.77. The van der Waals surface area contributed by atoms with Crippen molar-refractivity contribution < 1.29 is 13.9 Å². The molecule has 58 valence electrons. The molecule has 10 heavy (non-hydrogen) atoms. The highest BCUT2D eigenvalue weighted by Gasteiger charge is 2.24. The Labute approximate surface area is 59.4 Å². The zero-order chi connectivity index (χ0) is 7.40. The lowest BCUT2D eigenvalue weighted by Gasteiger charge is -2.00. The maximum atomic E-state index is 11.7. The van der Waals surface area contributed by atoms with E-state index in [0.29, 0.717) is 19.4 Å². The number of rotatable bonds is 3. The summed E-state index contributed by atoms with van der Waals surface area (Å²) in [4.78, 5) is 10.1. The minimum absolute atomic E-state index is 0.264. The molecule has 0 N–H and O–H groups in total. The van der Waals surface area contributed by atoms with E-state index in [9.17, 15) is 9.18 Å². The lowest BCUT2D eigenvalue weighted by molar-refractivity contribution is -0.115. The largest absolute Gasteiger partial charge is 0.370 e. The van der Waals surface area contributed by atoms with Crippen molar-refractivity contribution in [1.82, 2.24) is 0 Å². The average Bonchev–Trinajstić information content (AvgIpc) is 2.37. The van der Waals surface area contributed by atoms with Crippen molar-refractivity contribution in [2.24, 2.45) is 5.92 Å². The van der Waals surface area contributed by atoms with Crippen LogP contribution in [0.3, 0.4) is 0 Å². The van der Waals surface area contributed by atoms with Gasteiger partial charge in [0.2, 0.25) is 0 Å². The van der Waals surface area contributed by atoms with Crippen LogP contribution in [-0.4, -0.2) is 25.7 Å². The summed E-state index contributed by atoms with van der Waals surface area (Å²) < 4.78 is 16.8. The van der Waals surface area contributed by atoms with Crippen molar-refractivity contribution in [2.75, 3.05) is 13.3 Å². The Kier molecular flexibility index (Phi) is 2.81. The first kappa shape index (κ1) is 7.66. The Balaban J connectivity index is 2.21. The molecule has 0 aromatic rings. The van der Waals surface area contributed by atoms with E-state index in [1.165, 1.54) is 0 Å². The first-order valence-corrected chi connectivity index (χ1v) is 3.49. The van der Waals surface area contributed by atoms with Crippen LogP contribution in [-0.2, 0) is 9.53 Å². The highest BCUT2D eigenvalue weighted by atomic mass is 19.1. The minimum Gasteiger partial charge on any atom is -0.370 e. The van der Waals surface area contributed by atoms with E-state index in [0.717, 1.165) is 6.29 Å². The van der Waals surface area contributed by atoms with Crippen LogP contribution in [0.25, 0.3) is 0 Å². The van der Waals surface area contributed by atoms with Crippen LogP contribution in [0.1, 0.15) is 12.8 Å². The Morgan fingerprint density at radius 3 is 3.00 bits per heavy atom. The number of aldehydes is 1. The molecule has 2 atom stereocenters. The van der Waals surface area contributed by atoms with Gasteiger partial charge in [0.25, 0.3) is 0 Å². The van der Waals surface area contributed by atoms with Crippen LogP contribution in [0.5, 0.6) is 0 Å². The van der Waals surface area contributed by atoms with E-state index < -0.39 is 0 Å². The predicted molar refractivity (Wildman–Crippen MR) is 34.5 cm³/mol. The van der Waals surface area contributed by atoms with Crippen LogP contribution in [0.4, 0.5) is 4.39 Å². The van der Waals surface area contributed by atoms with Crippen LogP contribution in [0, 0.1) is 5.92 Å². The Hall–Kier alpha value is -0.440. The van der Waals surface area contributed by atoms with Gasteiger partial charge >= 0.3 is 0 Å². The first-order valence-electron chi connectivity index (χ1n) is 3.49. The fourth-order valence-corrected chi connectivity index (χ4v) is 1.17. The molecule has 1 saturated heterocycles. The van der Waals surface area contributed by atoms with E-state index in [-0.39, 0.29) is 18.7 Å². The summed E-state index contributed by atoms with van der Waals surface area (Å²) >= 11 is 0. The fraction of sp³-hybridized carbons (Fsp3) is 0.857. The minimum atomic E-state index is -0.306. The Morgan fingerprint density at radius 1 is 1.70 bits per heavy atom. The van der Waals surface area contributed by atoms with Gasteiger partial charge in [-0.05, 0) is 18.8 Å². The quantitative estimate of drug-likeness (QED) is 0.554. The smallest absolute Gasteiger partial charge is 0.148 e. The number of carbonyl (C=O) groups is 1. The number of halogens is 1. The van der Waals surface area contributed by atoms with E-state index in [1.54, 1.807) is 0 Å². The number of ether oxygens (including phenoxy) is 1. The molecule has 1 heterocycles. The molecule has 0 radical (unpaired) electrons. The molecule has 2 nitrogen and oxygen atoms in total. The summed E-state index contributed by atoms with van der Waals surface area (Å²) in [5.41, 5.74) is 0. The van der Waals surface area contributed by atoms with Crippen LogP contribution in [0.15, 0.2) is 0 Å². The SMILES string of the molecule is O=CC1CC(CCF)CO1. The third-order valence-electron chi connectivity index (χ3n) is 1.78. The van der Waals surface area contributed by atoms with Gasteiger partial charge in [0.05, 0.1) is 13.3 Å². The Bertz CT molecular complexity index is 116. The third-order valence-corrected chi connectivity index (χ3v) is 1.78. The summed E-state index contributed by atoms with van der Waals surface area (Å²) in [5, 5.41) is 0. The lowest BCUT2D eigenvalue weighted by atomic mass is 10.0. The van der Waals surface area contributed by atoms with E-state index >= 15 is 0 Å². The van der Waals surface area contributed by atoms with Gasteiger partial charge in [0.1, 0.15) is 12.4 Å². The van der Waals surface area contributed by atoms with Crippen molar-refractivity contribution in [3.63, 3.8) is 0 Å². The molecule has 1 fully saturated rings. The van der Waals surface area contributed by atoms with Gasteiger partial charge in [0, 0.05) is 0 Å². The number of alkyl halides is 1. The molecular formula is C7H11FO2. The van der Waals surface area contributed by atoms with Gasteiger partial charge in [-0.15, -0.1) is 0 Å². The summed E-state index contributed by atoms with van der Waals surface area (Å²) in [6, 6.07) is 0. The summed E-state index contributed by atoms with van der Waals surface area (Å²) in [7, 11) is 0. The van der Waals surface area contributed by atoms with Gasteiger partial charge in [-0.1, -0.05) is 0 Å². The van der Waals surface area contributed by atoms with Gasteiger partial charge < -0.3 is 9.53 Å². The normalized spacial score (nSPS) is 32.5. The van der Waals surface area contributed by atoms with E-state index in [4.69, 9.17) is 4.74 Å². The van der Waals surface area contributed by atoms with Crippen LogP contribution in [0.2, 0.25) is 0 Å². The molecule has 0 aliphatic carbocycles. The zero-order valence-corrected chi connectivity index (χ0v) is 5.75. The molecule has 1 rings (SSSR count). The van der Waals surface area contributed by atoms with Gasteiger partial charge in [-0.2, -0.15) is 0 Å².